The van der Waals surface area contributed by atoms with Gasteiger partial charge in [-0.2, -0.15) is 13.2 Å². The van der Waals surface area contributed by atoms with Crippen LogP contribution in [0.2, 0.25) is 0 Å². The van der Waals surface area contributed by atoms with Crippen LogP contribution in [-0.2, 0) is 40.8 Å². The number of morpholine rings is 1. The SMILES string of the molecule is Cc1cc(N2CCOCC2C(F)(F)F)cc(F)c1C(=O)NC(Cc1ccc(-n2c(=O)c3c(n(C)c2=O)CCOC3)nc1)C(=O)O. The third kappa shape index (κ3) is 6.33. The Morgan fingerprint density at radius 2 is 1.93 bits per heavy atom. The molecule has 0 aliphatic carbocycles. The van der Waals surface area contributed by atoms with Crippen molar-refractivity contribution < 1.29 is 41.7 Å². The summed E-state index contributed by atoms with van der Waals surface area (Å²) in [6.07, 6.45) is -3.27. The molecule has 2 aliphatic rings. The highest BCUT2D eigenvalue weighted by Crippen LogP contribution is 2.33. The molecule has 1 saturated heterocycles. The monoisotopic (exact) mass is 635 g/mol. The molecule has 2 aliphatic heterocycles. The van der Waals surface area contributed by atoms with E-state index >= 15 is 4.39 Å². The standard InChI is InChI=1S/C29H29F4N5O7/c1-15-9-17(37-6-8-45-14-22(37)29(31,32)33)11-19(30)24(15)25(39)35-20(27(41)42)10-16-3-4-23(34-12-16)38-26(40)18-13-44-7-5-21(18)36(2)28(38)43/h3-4,9,11-12,20,22H,5-8,10,13-14H2,1-2H3,(H,35,39)(H,41,42). The van der Waals surface area contributed by atoms with Crippen molar-refractivity contribution in [2.75, 3.05) is 31.3 Å². The zero-order valence-electron chi connectivity index (χ0n) is 24.2. The molecule has 4 heterocycles. The van der Waals surface area contributed by atoms with Gasteiger partial charge in [-0.15, -0.1) is 0 Å². The molecule has 0 radical (unpaired) electrons. The second-order valence-corrected chi connectivity index (χ2v) is 10.7. The molecule has 240 valence electrons. The smallest absolute Gasteiger partial charge is 0.411 e. The van der Waals surface area contributed by atoms with E-state index in [1.807, 2.05) is 0 Å². The van der Waals surface area contributed by atoms with Gasteiger partial charge in [-0.1, -0.05) is 6.07 Å². The highest BCUT2D eigenvalue weighted by molar-refractivity contribution is 5.98. The first-order valence-corrected chi connectivity index (χ1v) is 13.9. The van der Waals surface area contributed by atoms with Gasteiger partial charge in [-0.3, -0.25) is 14.2 Å². The van der Waals surface area contributed by atoms with Crippen molar-refractivity contribution in [3.8, 4) is 5.82 Å². The number of alkyl halides is 3. The van der Waals surface area contributed by atoms with Crippen molar-refractivity contribution in [2.45, 2.75) is 44.6 Å². The molecule has 1 aromatic carbocycles. The molecule has 0 spiro atoms. The highest BCUT2D eigenvalue weighted by Gasteiger charge is 2.45. The van der Waals surface area contributed by atoms with E-state index in [1.54, 1.807) is 0 Å². The summed E-state index contributed by atoms with van der Waals surface area (Å²) >= 11 is 0. The van der Waals surface area contributed by atoms with Gasteiger partial charge in [0.2, 0.25) is 0 Å². The maximum absolute atomic E-state index is 15.2. The summed E-state index contributed by atoms with van der Waals surface area (Å²) in [5, 5.41) is 12.0. The summed E-state index contributed by atoms with van der Waals surface area (Å²) in [5.41, 5.74) is -0.545. The quantitative estimate of drug-likeness (QED) is 0.370. The van der Waals surface area contributed by atoms with Crippen LogP contribution in [0.15, 0.2) is 40.1 Å². The van der Waals surface area contributed by atoms with Crippen molar-refractivity contribution in [2.24, 2.45) is 7.05 Å². The van der Waals surface area contributed by atoms with Crippen LogP contribution in [0.4, 0.5) is 23.2 Å². The summed E-state index contributed by atoms with van der Waals surface area (Å²) in [7, 11) is 1.54. The number of nitrogens with one attached hydrogen (secondary N) is 1. The molecule has 2 unspecified atom stereocenters. The summed E-state index contributed by atoms with van der Waals surface area (Å²) < 4.78 is 68.3. The Morgan fingerprint density at radius 3 is 2.58 bits per heavy atom. The lowest BCUT2D eigenvalue weighted by Crippen LogP contribution is -2.53. The largest absolute Gasteiger partial charge is 0.480 e. The van der Waals surface area contributed by atoms with Gasteiger partial charge in [0, 0.05) is 44.0 Å². The Kier molecular flexibility index (Phi) is 8.80. The molecule has 0 saturated carbocycles. The second-order valence-electron chi connectivity index (χ2n) is 10.7. The number of anilines is 1. The van der Waals surface area contributed by atoms with E-state index in [2.05, 4.69) is 10.3 Å². The number of amides is 1. The summed E-state index contributed by atoms with van der Waals surface area (Å²) in [5.74, 6) is -3.63. The Hall–Kier alpha value is -4.57. The highest BCUT2D eigenvalue weighted by atomic mass is 19.4. The molecule has 5 rings (SSSR count). The predicted molar refractivity (Wildman–Crippen MR) is 150 cm³/mol. The first-order chi connectivity index (χ1) is 21.3. The summed E-state index contributed by atoms with van der Waals surface area (Å²) in [6.45, 7) is 0.991. The molecule has 12 nitrogen and oxygen atoms in total. The van der Waals surface area contributed by atoms with Crippen LogP contribution < -0.4 is 21.5 Å². The first kappa shape index (κ1) is 31.8. The maximum Gasteiger partial charge on any atom is 0.411 e. The second kappa shape index (κ2) is 12.4. The number of rotatable bonds is 7. The minimum Gasteiger partial charge on any atom is -0.480 e. The van der Waals surface area contributed by atoms with Crippen LogP contribution in [-0.4, -0.2) is 75.7 Å². The molecule has 1 fully saturated rings. The van der Waals surface area contributed by atoms with Gasteiger partial charge in [0.05, 0.1) is 37.6 Å². The number of hydrogen-bond acceptors (Lipinski definition) is 8. The third-order valence-electron chi connectivity index (χ3n) is 7.84. The molecule has 2 aromatic heterocycles. The molecule has 45 heavy (non-hydrogen) atoms. The van der Waals surface area contributed by atoms with E-state index in [-0.39, 0.29) is 43.2 Å². The molecule has 1 amide bonds. The van der Waals surface area contributed by atoms with Crippen molar-refractivity contribution in [3.63, 3.8) is 0 Å². The fourth-order valence-electron chi connectivity index (χ4n) is 5.52. The van der Waals surface area contributed by atoms with E-state index < -0.39 is 59.4 Å². The lowest BCUT2D eigenvalue weighted by atomic mass is 10.0. The number of aliphatic carboxylic acids is 1. The number of pyridine rings is 1. The zero-order chi connectivity index (χ0) is 32.6. The number of ether oxygens (including phenoxy) is 2. The number of fused-ring (bicyclic) bond motifs is 1. The number of carboxylic acid groups (broad SMARTS) is 1. The van der Waals surface area contributed by atoms with Crippen molar-refractivity contribution in [3.05, 3.63) is 85.1 Å². The number of hydrogen-bond donors (Lipinski definition) is 2. The van der Waals surface area contributed by atoms with Crippen LogP contribution in [0, 0.1) is 12.7 Å². The number of nitrogens with zero attached hydrogens (tertiary/aromatic N) is 4. The van der Waals surface area contributed by atoms with Crippen molar-refractivity contribution >= 4 is 17.6 Å². The topological polar surface area (TPSA) is 145 Å². The number of benzene rings is 1. The molecule has 2 N–H and O–H groups in total. The number of carbonyl (C=O) groups excluding carboxylic acids is 1. The number of aryl methyl sites for hydroxylation is 1. The average molecular weight is 636 g/mol. The van der Waals surface area contributed by atoms with Crippen LogP contribution >= 0.6 is 0 Å². The summed E-state index contributed by atoms with van der Waals surface area (Å²) in [6, 6.07) is 1.30. The molecule has 0 bridgehead atoms. The van der Waals surface area contributed by atoms with E-state index in [1.165, 1.54) is 42.9 Å². The number of aromatic nitrogens is 3. The molecular formula is C29H29F4N5O7. The Balaban J connectivity index is 1.35. The van der Waals surface area contributed by atoms with Gasteiger partial charge in [0.1, 0.15) is 23.7 Å². The Labute approximate surface area is 252 Å². The molecule has 3 aromatic rings. The van der Waals surface area contributed by atoms with Gasteiger partial charge in [0.15, 0.2) is 0 Å². The van der Waals surface area contributed by atoms with E-state index in [0.29, 0.717) is 29.8 Å². The lowest BCUT2D eigenvalue weighted by Gasteiger charge is -2.38. The van der Waals surface area contributed by atoms with Gasteiger partial charge >= 0.3 is 17.8 Å². The van der Waals surface area contributed by atoms with Crippen molar-refractivity contribution in [1.82, 2.24) is 19.4 Å². The predicted octanol–water partition coefficient (Wildman–Crippen LogP) is 1.64. The Morgan fingerprint density at radius 1 is 1.18 bits per heavy atom. The number of carbonyl (C=O) groups is 2. The van der Waals surface area contributed by atoms with Crippen LogP contribution in [0.5, 0.6) is 0 Å². The fraction of sp³-hybridized carbons (Fsp3) is 0.414. The van der Waals surface area contributed by atoms with Crippen molar-refractivity contribution in [1.29, 1.82) is 0 Å². The number of carboxylic acids is 1. The number of halogens is 4. The first-order valence-electron chi connectivity index (χ1n) is 13.9. The van der Waals surface area contributed by atoms with E-state index in [4.69, 9.17) is 9.47 Å². The third-order valence-corrected chi connectivity index (χ3v) is 7.84. The average Bonchev–Trinajstić information content (AvgIpc) is 2.99. The van der Waals surface area contributed by atoms with Crippen LogP contribution in [0.1, 0.15) is 32.7 Å². The minimum atomic E-state index is -4.64. The molecule has 16 heteroatoms. The van der Waals surface area contributed by atoms with Gasteiger partial charge < -0.3 is 24.8 Å². The Bertz CT molecular complexity index is 1730. The molecular weight excluding hydrogens is 606 g/mol. The normalized spacial score (nSPS) is 17.5. The van der Waals surface area contributed by atoms with Gasteiger partial charge in [-0.05, 0) is 36.2 Å². The van der Waals surface area contributed by atoms with Gasteiger partial charge in [-0.25, -0.2) is 23.5 Å². The summed E-state index contributed by atoms with van der Waals surface area (Å²) in [4.78, 5) is 56.2. The van der Waals surface area contributed by atoms with Crippen LogP contribution in [0.3, 0.4) is 0 Å². The van der Waals surface area contributed by atoms with E-state index in [9.17, 15) is 37.5 Å². The maximum atomic E-state index is 15.2. The minimum absolute atomic E-state index is 0.000509. The van der Waals surface area contributed by atoms with E-state index in [0.717, 1.165) is 15.5 Å². The molecule has 2 atom stereocenters. The van der Waals surface area contributed by atoms with Crippen LogP contribution in [0.25, 0.3) is 5.82 Å². The fourth-order valence-corrected chi connectivity index (χ4v) is 5.52. The lowest BCUT2D eigenvalue weighted by molar-refractivity contribution is -0.167. The van der Waals surface area contributed by atoms with Gasteiger partial charge in [0.25, 0.3) is 11.5 Å². The zero-order valence-corrected chi connectivity index (χ0v) is 24.2.